The smallest absolute Gasteiger partial charge is 0.123 e. The highest BCUT2D eigenvalue weighted by molar-refractivity contribution is 5.71. The highest BCUT2D eigenvalue weighted by Gasteiger charge is 2.13. The summed E-state index contributed by atoms with van der Waals surface area (Å²) in [5, 5.41) is 19.3. The maximum absolute atomic E-state index is 9.81. The van der Waals surface area contributed by atoms with Gasteiger partial charge in [0.25, 0.3) is 0 Å². The van der Waals surface area contributed by atoms with Gasteiger partial charge >= 0.3 is 0 Å². The molecule has 0 aliphatic rings. The molecule has 2 aromatic rings. The van der Waals surface area contributed by atoms with Crippen LogP contribution in [-0.2, 0) is 5.41 Å². The van der Waals surface area contributed by atoms with Crippen LogP contribution >= 0.6 is 0 Å². The SMILES string of the molecule is CC(C)(C)c1ccc(-c2cc(O)ccc2O)cc1. The quantitative estimate of drug-likeness (QED) is 0.740. The van der Waals surface area contributed by atoms with E-state index in [2.05, 4.69) is 32.9 Å². The molecule has 18 heavy (non-hydrogen) atoms. The van der Waals surface area contributed by atoms with Gasteiger partial charge < -0.3 is 10.2 Å². The van der Waals surface area contributed by atoms with Gasteiger partial charge in [0.05, 0.1) is 0 Å². The molecule has 0 amide bonds. The molecule has 0 radical (unpaired) electrons. The van der Waals surface area contributed by atoms with Crippen molar-refractivity contribution in [1.82, 2.24) is 0 Å². The zero-order valence-electron chi connectivity index (χ0n) is 10.9. The van der Waals surface area contributed by atoms with Gasteiger partial charge in [0.2, 0.25) is 0 Å². The van der Waals surface area contributed by atoms with E-state index in [4.69, 9.17) is 0 Å². The predicted molar refractivity (Wildman–Crippen MR) is 73.9 cm³/mol. The molecule has 2 rings (SSSR count). The van der Waals surface area contributed by atoms with Crippen molar-refractivity contribution in [3.05, 3.63) is 48.0 Å². The fourth-order valence-corrected chi connectivity index (χ4v) is 1.91. The Morgan fingerprint density at radius 2 is 1.44 bits per heavy atom. The van der Waals surface area contributed by atoms with Crippen LogP contribution in [0.3, 0.4) is 0 Å². The van der Waals surface area contributed by atoms with E-state index in [1.807, 2.05) is 12.1 Å². The molecule has 0 heterocycles. The Morgan fingerprint density at radius 3 is 2.00 bits per heavy atom. The Bertz CT molecular complexity index is 548. The maximum Gasteiger partial charge on any atom is 0.123 e. The summed E-state index contributed by atoms with van der Waals surface area (Å²) in [4.78, 5) is 0. The molecule has 0 fully saturated rings. The third-order valence-corrected chi connectivity index (χ3v) is 3.04. The first-order chi connectivity index (χ1) is 8.38. The summed E-state index contributed by atoms with van der Waals surface area (Å²) in [7, 11) is 0. The molecule has 94 valence electrons. The molecule has 2 aromatic carbocycles. The first kappa shape index (κ1) is 12.5. The number of phenols is 2. The third kappa shape index (κ3) is 2.48. The van der Waals surface area contributed by atoms with Gasteiger partial charge in [0.15, 0.2) is 0 Å². The Labute approximate surface area is 108 Å². The Balaban J connectivity index is 2.43. The second-order valence-corrected chi connectivity index (χ2v) is 5.53. The predicted octanol–water partition coefficient (Wildman–Crippen LogP) is 4.06. The highest BCUT2D eigenvalue weighted by Crippen LogP contribution is 2.33. The van der Waals surface area contributed by atoms with Crippen LogP contribution in [0.2, 0.25) is 0 Å². The van der Waals surface area contributed by atoms with Gasteiger partial charge in [-0.3, -0.25) is 0 Å². The largest absolute Gasteiger partial charge is 0.508 e. The summed E-state index contributed by atoms with van der Waals surface area (Å²) in [5.74, 6) is 0.332. The van der Waals surface area contributed by atoms with Crippen LogP contribution in [0.4, 0.5) is 0 Å². The minimum absolute atomic E-state index is 0.111. The lowest BCUT2D eigenvalue weighted by Crippen LogP contribution is -2.10. The monoisotopic (exact) mass is 242 g/mol. The first-order valence-electron chi connectivity index (χ1n) is 6.01. The van der Waals surface area contributed by atoms with Crippen molar-refractivity contribution in [2.45, 2.75) is 26.2 Å². The molecule has 2 nitrogen and oxygen atoms in total. The van der Waals surface area contributed by atoms with Crippen LogP contribution in [0.5, 0.6) is 11.5 Å². The summed E-state index contributed by atoms with van der Waals surface area (Å²) in [5.41, 5.74) is 2.90. The molecule has 0 aliphatic carbocycles. The average Bonchev–Trinajstić information content (AvgIpc) is 2.31. The van der Waals surface area contributed by atoms with Crippen molar-refractivity contribution in [1.29, 1.82) is 0 Å². The molecular formula is C16H18O2. The lowest BCUT2D eigenvalue weighted by atomic mass is 9.86. The van der Waals surface area contributed by atoms with E-state index in [1.165, 1.54) is 17.7 Å². The van der Waals surface area contributed by atoms with Gasteiger partial charge in [0, 0.05) is 5.56 Å². The van der Waals surface area contributed by atoms with Crippen LogP contribution in [0.15, 0.2) is 42.5 Å². The standard InChI is InChI=1S/C16H18O2/c1-16(2,3)12-6-4-11(5-7-12)14-10-13(17)8-9-15(14)18/h4-10,17-18H,1-3H3. The van der Waals surface area contributed by atoms with E-state index in [0.717, 1.165) is 5.56 Å². The molecule has 0 unspecified atom stereocenters. The zero-order chi connectivity index (χ0) is 13.3. The van der Waals surface area contributed by atoms with Crippen molar-refractivity contribution < 1.29 is 10.2 Å². The van der Waals surface area contributed by atoms with Crippen molar-refractivity contribution in [2.24, 2.45) is 0 Å². The lowest BCUT2D eigenvalue weighted by Gasteiger charge is -2.19. The van der Waals surface area contributed by atoms with Crippen LogP contribution in [0.1, 0.15) is 26.3 Å². The maximum atomic E-state index is 9.81. The Morgan fingerprint density at radius 1 is 0.833 bits per heavy atom. The van der Waals surface area contributed by atoms with E-state index in [1.54, 1.807) is 6.07 Å². The number of rotatable bonds is 1. The number of aromatic hydroxyl groups is 2. The second-order valence-electron chi connectivity index (χ2n) is 5.53. The normalized spacial score (nSPS) is 11.5. The van der Waals surface area contributed by atoms with E-state index in [0.29, 0.717) is 5.56 Å². The number of benzene rings is 2. The Kier molecular flexibility index (Phi) is 3.04. The molecule has 0 bridgehead atoms. The molecule has 0 saturated carbocycles. The minimum atomic E-state index is 0.111. The van der Waals surface area contributed by atoms with Crippen molar-refractivity contribution in [2.75, 3.05) is 0 Å². The number of hydrogen-bond acceptors (Lipinski definition) is 2. The topological polar surface area (TPSA) is 40.5 Å². The van der Waals surface area contributed by atoms with Gasteiger partial charge in [-0.15, -0.1) is 0 Å². The molecule has 0 aliphatic heterocycles. The first-order valence-corrected chi connectivity index (χ1v) is 6.01. The van der Waals surface area contributed by atoms with Gasteiger partial charge in [-0.1, -0.05) is 45.0 Å². The van der Waals surface area contributed by atoms with Crippen LogP contribution in [0.25, 0.3) is 11.1 Å². The average molecular weight is 242 g/mol. The van der Waals surface area contributed by atoms with Gasteiger partial charge in [-0.2, -0.15) is 0 Å². The van der Waals surface area contributed by atoms with Crippen molar-refractivity contribution >= 4 is 0 Å². The molecule has 0 spiro atoms. The highest BCUT2D eigenvalue weighted by atomic mass is 16.3. The van der Waals surface area contributed by atoms with Gasteiger partial charge in [-0.05, 0) is 34.7 Å². The minimum Gasteiger partial charge on any atom is -0.508 e. The third-order valence-electron chi connectivity index (χ3n) is 3.04. The zero-order valence-corrected chi connectivity index (χ0v) is 10.9. The molecule has 0 aromatic heterocycles. The summed E-state index contributed by atoms with van der Waals surface area (Å²) < 4.78 is 0. The second kappa shape index (κ2) is 4.37. The molecule has 2 N–H and O–H groups in total. The molecule has 0 saturated heterocycles. The van der Waals surface area contributed by atoms with E-state index in [-0.39, 0.29) is 16.9 Å². The van der Waals surface area contributed by atoms with Crippen LogP contribution < -0.4 is 0 Å². The number of phenolic OH excluding ortho intramolecular Hbond substituents is 2. The molecule has 0 atom stereocenters. The lowest BCUT2D eigenvalue weighted by molar-refractivity contribution is 0.462. The summed E-state index contributed by atoms with van der Waals surface area (Å²) in [6, 6.07) is 12.6. The summed E-state index contributed by atoms with van der Waals surface area (Å²) >= 11 is 0. The summed E-state index contributed by atoms with van der Waals surface area (Å²) in [6.07, 6.45) is 0. The van der Waals surface area contributed by atoms with E-state index in [9.17, 15) is 10.2 Å². The van der Waals surface area contributed by atoms with Gasteiger partial charge in [0.1, 0.15) is 11.5 Å². The van der Waals surface area contributed by atoms with E-state index < -0.39 is 0 Å². The van der Waals surface area contributed by atoms with Crippen molar-refractivity contribution in [3.8, 4) is 22.6 Å². The van der Waals surface area contributed by atoms with Crippen LogP contribution in [-0.4, -0.2) is 10.2 Å². The fraction of sp³-hybridized carbons (Fsp3) is 0.250. The van der Waals surface area contributed by atoms with Crippen molar-refractivity contribution in [3.63, 3.8) is 0 Å². The summed E-state index contributed by atoms with van der Waals surface area (Å²) in [6.45, 7) is 6.48. The molecule has 2 heteroatoms. The number of hydrogen-bond donors (Lipinski definition) is 2. The molecular weight excluding hydrogens is 224 g/mol. The Hall–Kier alpha value is -1.96. The fourth-order valence-electron chi connectivity index (χ4n) is 1.91. The van der Waals surface area contributed by atoms with Crippen LogP contribution in [0, 0.1) is 0 Å². The van der Waals surface area contributed by atoms with Gasteiger partial charge in [-0.25, -0.2) is 0 Å². The van der Waals surface area contributed by atoms with E-state index >= 15 is 0 Å².